The highest BCUT2D eigenvalue weighted by atomic mass is 35.5. The summed E-state index contributed by atoms with van der Waals surface area (Å²) < 4.78 is 0. The molecule has 0 fully saturated rings. The fraction of sp³-hybridized carbons (Fsp3) is 0.400. The number of hydrogen-bond donors (Lipinski definition) is 2. The van der Waals surface area contributed by atoms with E-state index in [4.69, 9.17) is 11.5 Å². The van der Waals surface area contributed by atoms with E-state index in [1.54, 1.807) is 0 Å². The summed E-state index contributed by atoms with van der Waals surface area (Å²) in [5.74, 6) is 0. The summed E-state index contributed by atoms with van der Waals surface area (Å²) in [6, 6.07) is 0. The van der Waals surface area contributed by atoms with E-state index in [2.05, 4.69) is 4.98 Å². The van der Waals surface area contributed by atoms with E-state index < -0.39 is 0 Å². The monoisotopic (exact) mass is 179 g/mol. The van der Waals surface area contributed by atoms with Crippen molar-refractivity contribution in [2.45, 2.75) is 6.42 Å². The Balaban J connectivity index is 0.000000810. The summed E-state index contributed by atoms with van der Waals surface area (Å²) in [7, 11) is 0. The first-order valence-corrected chi connectivity index (χ1v) is 3.61. The van der Waals surface area contributed by atoms with Crippen molar-refractivity contribution in [1.29, 1.82) is 0 Å². The number of halogens is 1. The van der Waals surface area contributed by atoms with Gasteiger partial charge in [0.05, 0.1) is 5.69 Å². The molecule has 3 nitrogen and oxygen atoms in total. The predicted molar refractivity (Wildman–Crippen MR) is 46.5 cm³/mol. The van der Waals surface area contributed by atoms with Gasteiger partial charge in [-0.15, -0.1) is 23.7 Å². The number of anilines is 1. The second-order valence-corrected chi connectivity index (χ2v) is 2.61. The Morgan fingerprint density at radius 2 is 2.30 bits per heavy atom. The molecule has 0 radical (unpaired) electrons. The van der Waals surface area contributed by atoms with Crippen LogP contribution in [0.2, 0.25) is 0 Å². The van der Waals surface area contributed by atoms with Crippen LogP contribution in [-0.4, -0.2) is 11.5 Å². The van der Waals surface area contributed by atoms with Crippen LogP contribution in [-0.2, 0) is 6.42 Å². The Kier molecular flexibility index (Phi) is 4.34. The molecule has 0 atom stereocenters. The third kappa shape index (κ3) is 2.51. The molecule has 0 amide bonds. The van der Waals surface area contributed by atoms with Gasteiger partial charge in [-0.25, -0.2) is 4.98 Å². The standard InChI is InChI=1S/C5H9N3S.ClH/c6-2-1-4-3-9-5(7)8-4;/h3H,1-2,6H2,(H2,7,8);1H. The molecule has 5 heteroatoms. The van der Waals surface area contributed by atoms with E-state index in [1.165, 1.54) is 11.3 Å². The first-order valence-electron chi connectivity index (χ1n) is 2.73. The SMILES string of the molecule is Cl.NCCc1csc(N)n1. The Hall–Kier alpha value is -0.320. The molecule has 1 aromatic rings. The van der Waals surface area contributed by atoms with Gasteiger partial charge < -0.3 is 11.5 Å². The molecule has 1 rings (SSSR count). The van der Waals surface area contributed by atoms with Gasteiger partial charge in [-0.2, -0.15) is 0 Å². The van der Waals surface area contributed by atoms with Crippen molar-refractivity contribution in [3.05, 3.63) is 11.1 Å². The average molecular weight is 180 g/mol. The van der Waals surface area contributed by atoms with Crippen molar-refractivity contribution >= 4 is 28.9 Å². The molecule has 0 saturated heterocycles. The number of nitrogen functional groups attached to an aromatic ring is 1. The van der Waals surface area contributed by atoms with Crippen LogP contribution in [0.4, 0.5) is 5.13 Å². The van der Waals surface area contributed by atoms with Crippen molar-refractivity contribution < 1.29 is 0 Å². The third-order valence-corrected chi connectivity index (χ3v) is 1.69. The Labute approximate surface area is 69.9 Å². The van der Waals surface area contributed by atoms with Gasteiger partial charge in [0.25, 0.3) is 0 Å². The lowest BCUT2D eigenvalue weighted by atomic mass is 10.3. The molecule has 1 heterocycles. The fourth-order valence-corrected chi connectivity index (χ4v) is 1.18. The number of aromatic nitrogens is 1. The van der Waals surface area contributed by atoms with Crippen LogP contribution in [0.5, 0.6) is 0 Å². The summed E-state index contributed by atoms with van der Waals surface area (Å²) in [5, 5.41) is 2.56. The second kappa shape index (κ2) is 4.49. The molecule has 0 bridgehead atoms. The lowest BCUT2D eigenvalue weighted by molar-refractivity contribution is 0.937. The summed E-state index contributed by atoms with van der Waals surface area (Å²) >= 11 is 1.46. The van der Waals surface area contributed by atoms with Crippen molar-refractivity contribution in [3.8, 4) is 0 Å². The van der Waals surface area contributed by atoms with E-state index in [0.29, 0.717) is 11.7 Å². The first kappa shape index (κ1) is 9.68. The number of rotatable bonds is 2. The van der Waals surface area contributed by atoms with Gasteiger partial charge in [-0.1, -0.05) is 0 Å². The zero-order valence-electron chi connectivity index (χ0n) is 5.41. The average Bonchev–Trinajstić information content (AvgIpc) is 2.17. The molecule has 1 aromatic heterocycles. The van der Waals surface area contributed by atoms with Crippen LogP contribution in [0.3, 0.4) is 0 Å². The number of thiazole rings is 1. The summed E-state index contributed by atoms with van der Waals surface area (Å²) in [4.78, 5) is 4.02. The van der Waals surface area contributed by atoms with Crippen LogP contribution in [0.25, 0.3) is 0 Å². The molecule has 0 spiro atoms. The number of nitrogens with two attached hydrogens (primary N) is 2. The lowest BCUT2D eigenvalue weighted by Gasteiger charge is -1.86. The molecule has 0 aliphatic heterocycles. The van der Waals surface area contributed by atoms with E-state index >= 15 is 0 Å². The topological polar surface area (TPSA) is 64.9 Å². The van der Waals surface area contributed by atoms with Crippen molar-refractivity contribution in [1.82, 2.24) is 4.98 Å². The minimum atomic E-state index is 0. The van der Waals surface area contributed by atoms with E-state index in [1.807, 2.05) is 5.38 Å². The van der Waals surface area contributed by atoms with Crippen molar-refractivity contribution in [2.24, 2.45) is 5.73 Å². The smallest absolute Gasteiger partial charge is 0.180 e. The maximum absolute atomic E-state index is 5.38. The first-order chi connectivity index (χ1) is 4.33. The molecule has 0 aliphatic rings. The van der Waals surface area contributed by atoms with Crippen molar-refractivity contribution in [3.63, 3.8) is 0 Å². The summed E-state index contributed by atoms with van der Waals surface area (Å²) in [6.45, 7) is 0.642. The second-order valence-electron chi connectivity index (χ2n) is 1.72. The quantitative estimate of drug-likeness (QED) is 0.701. The Morgan fingerprint density at radius 1 is 1.60 bits per heavy atom. The molecule has 0 unspecified atom stereocenters. The molecule has 0 aliphatic carbocycles. The lowest BCUT2D eigenvalue weighted by Crippen LogP contribution is -2.02. The van der Waals surface area contributed by atoms with Crippen LogP contribution in [0.15, 0.2) is 5.38 Å². The highest BCUT2D eigenvalue weighted by Crippen LogP contribution is 2.10. The summed E-state index contributed by atoms with van der Waals surface area (Å²) in [5.41, 5.74) is 11.7. The summed E-state index contributed by atoms with van der Waals surface area (Å²) in [6.07, 6.45) is 0.827. The zero-order valence-corrected chi connectivity index (χ0v) is 7.04. The van der Waals surface area contributed by atoms with E-state index in [0.717, 1.165) is 12.1 Å². The normalized spacial score (nSPS) is 8.90. The third-order valence-electron chi connectivity index (χ3n) is 0.970. The van der Waals surface area contributed by atoms with Gasteiger partial charge in [0.15, 0.2) is 5.13 Å². The maximum atomic E-state index is 5.38. The molecule has 0 saturated carbocycles. The molecule has 58 valence electrons. The highest BCUT2D eigenvalue weighted by Gasteiger charge is 1.94. The predicted octanol–water partition coefficient (Wildman–Crippen LogP) is 0.648. The fourth-order valence-electron chi connectivity index (χ4n) is 0.585. The molecule has 10 heavy (non-hydrogen) atoms. The van der Waals surface area contributed by atoms with E-state index in [9.17, 15) is 0 Å². The van der Waals surface area contributed by atoms with Gasteiger partial charge in [0.1, 0.15) is 0 Å². The van der Waals surface area contributed by atoms with Crippen LogP contribution in [0.1, 0.15) is 5.69 Å². The van der Waals surface area contributed by atoms with Crippen LogP contribution in [0, 0.1) is 0 Å². The van der Waals surface area contributed by atoms with Gasteiger partial charge >= 0.3 is 0 Å². The minimum Gasteiger partial charge on any atom is -0.375 e. The van der Waals surface area contributed by atoms with Gasteiger partial charge in [0, 0.05) is 11.8 Å². The Morgan fingerprint density at radius 3 is 2.70 bits per heavy atom. The van der Waals surface area contributed by atoms with Crippen molar-refractivity contribution in [2.75, 3.05) is 12.3 Å². The zero-order chi connectivity index (χ0) is 6.69. The molecule has 0 aromatic carbocycles. The van der Waals surface area contributed by atoms with Gasteiger partial charge in [0.2, 0.25) is 0 Å². The van der Waals surface area contributed by atoms with E-state index in [-0.39, 0.29) is 12.4 Å². The highest BCUT2D eigenvalue weighted by molar-refractivity contribution is 7.13. The largest absolute Gasteiger partial charge is 0.375 e. The number of nitrogens with zero attached hydrogens (tertiary/aromatic N) is 1. The number of hydrogen-bond acceptors (Lipinski definition) is 4. The molecule has 4 N–H and O–H groups in total. The Bertz CT molecular complexity index is 189. The maximum Gasteiger partial charge on any atom is 0.180 e. The van der Waals surface area contributed by atoms with Crippen LogP contribution >= 0.6 is 23.7 Å². The minimum absolute atomic E-state index is 0. The van der Waals surface area contributed by atoms with Gasteiger partial charge in [-0.3, -0.25) is 0 Å². The van der Waals surface area contributed by atoms with Gasteiger partial charge in [-0.05, 0) is 6.54 Å². The molecular weight excluding hydrogens is 170 g/mol. The molecular formula is C5H10ClN3S. The van der Waals surface area contributed by atoms with Crippen LogP contribution < -0.4 is 11.5 Å².